The van der Waals surface area contributed by atoms with Crippen LogP contribution in [-0.4, -0.2) is 18.0 Å². The summed E-state index contributed by atoms with van der Waals surface area (Å²) in [5.74, 6) is 0.819. The van der Waals surface area contributed by atoms with Crippen molar-refractivity contribution < 1.29 is 0 Å². The summed E-state index contributed by atoms with van der Waals surface area (Å²) in [5, 5.41) is 0. The van der Waals surface area contributed by atoms with Crippen LogP contribution in [0.25, 0.3) is 0 Å². The van der Waals surface area contributed by atoms with E-state index >= 15 is 0 Å². The van der Waals surface area contributed by atoms with Crippen LogP contribution in [0.5, 0.6) is 0 Å². The van der Waals surface area contributed by atoms with Crippen molar-refractivity contribution in [2.24, 2.45) is 11.3 Å². The van der Waals surface area contributed by atoms with Crippen LogP contribution in [0, 0.1) is 11.3 Å². The molecule has 0 saturated carbocycles. The zero-order valence-corrected chi connectivity index (χ0v) is 16.0. The maximum atomic E-state index is 4.40. The topological polar surface area (TPSA) is 3.24 Å². The lowest BCUT2D eigenvalue weighted by Crippen LogP contribution is -2.25. The Hall–Kier alpha value is -0.980. The first-order valence-corrected chi connectivity index (χ1v) is 9.58. The minimum atomic E-state index is 0.172. The van der Waals surface area contributed by atoms with Gasteiger partial charge >= 0.3 is 0 Å². The molecule has 1 nitrogen and oxygen atoms in total. The second-order valence-electron chi connectivity index (χ2n) is 8.17. The van der Waals surface area contributed by atoms with Gasteiger partial charge in [0.15, 0.2) is 0 Å². The van der Waals surface area contributed by atoms with Crippen molar-refractivity contribution in [1.29, 1.82) is 0 Å². The molecule has 0 N–H and O–H groups in total. The molecule has 0 aromatic carbocycles. The van der Waals surface area contributed by atoms with Crippen molar-refractivity contribution in [3.8, 4) is 0 Å². The van der Waals surface area contributed by atoms with Gasteiger partial charge in [0.1, 0.15) is 0 Å². The van der Waals surface area contributed by atoms with Gasteiger partial charge in [-0.1, -0.05) is 64.8 Å². The number of likely N-dealkylation sites (tertiary alicyclic amines) is 1. The number of unbranched alkanes of at least 4 members (excludes halogenated alkanes) is 5. The minimum absolute atomic E-state index is 0.172. The highest BCUT2D eigenvalue weighted by molar-refractivity contribution is 5.13. The Bertz CT molecular complexity index is 391. The van der Waals surface area contributed by atoms with Crippen LogP contribution in [-0.2, 0) is 0 Å². The summed E-state index contributed by atoms with van der Waals surface area (Å²) in [4.78, 5) is 2.49. The highest BCUT2D eigenvalue weighted by Crippen LogP contribution is 2.37. The molecule has 1 heterocycles. The summed E-state index contributed by atoms with van der Waals surface area (Å²) < 4.78 is 0. The first-order valence-electron chi connectivity index (χ1n) is 9.58. The van der Waals surface area contributed by atoms with Crippen molar-refractivity contribution >= 4 is 0 Å². The second kappa shape index (κ2) is 10.0. The number of allylic oxidation sites excluding steroid dienone is 3. The fraction of sp³-hybridized carbons (Fsp3) is 0.727. The van der Waals surface area contributed by atoms with Gasteiger partial charge in [-0.3, -0.25) is 0 Å². The third-order valence-electron chi connectivity index (χ3n) is 5.36. The molecule has 0 aromatic rings. The van der Waals surface area contributed by atoms with Crippen LogP contribution in [0.3, 0.4) is 0 Å². The molecule has 1 heteroatoms. The van der Waals surface area contributed by atoms with Crippen LogP contribution in [0.15, 0.2) is 37.1 Å². The van der Waals surface area contributed by atoms with E-state index in [0.717, 1.165) is 25.2 Å². The van der Waals surface area contributed by atoms with Crippen molar-refractivity contribution in [2.75, 3.05) is 13.1 Å². The standard InChI is InChI=1S/C22H39N/c1-7-8-9-10-11-12-13-14-20(3)22(5,6)17-21(4)23-16-15-19(2)18-23/h7,19H,1,3-4,8-18H2,2,5-6H3. The highest BCUT2D eigenvalue weighted by atomic mass is 15.2. The SMILES string of the molecule is C=CCCCCCCCC(=C)C(C)(C)CC(=C)N1CCC(C)C1. The Morgan fingerprint density at radius 2 is 1.78 bits per heavy atom. The molecular formula is C22H39N. The summed E-state index contributed by atoms with van der Waals surface area (Å²) >= 11 is 0. The molecule has 0 spiro atoms. The van der Waals surface area contributed by atoms with Gasteiger partial charge in [-0.05, 0) is 49.9 Å². The lowest BCUT2D eigenvalue weighted by Gasteiger charge is -2.32. The Morgan fingerprint density at radius 1 is 1.13 bits per heavy atom. The summed E-state index contributed by atoms with van der Waals surface area (Å²) in [6, 6.07) is 0. The molecule has 1 saturated heterocycles. The molecule has 23 heavy (non-hydrogen) atoms. The lowest BCUT2D eigenvalue weighted by atomic mass is 9.78. The minimum Gasteiger partial charge on any atom is -0.375 e. The van der Waals surface area contributed by atoms with E-state index in [1.165, 1.54) is 62.9 Å². The Balaban J connectivity index is 2.24. The monoisotopic (exact) mass is 317 g/mol. The van der Waals surface area contributed by atoms with Crippen LogP contribution in [0.1, 0.15) is 78.6 Å². The predicted octanol–water partition coefficient (Wildman–Crippen LogP) is 6.73. The predicted molar refractivity (Wildman–Crippen MR) is 105 cm³/mol. The van der Waals surface area contributed by atoms with Gasteiger partial charge in [-0.25, -0.2) is 0 Å². The first-order chi connectivity index (χ1) is 10.9. The van der Waals surface area contributed by atoms with E-state index in [4.69, 9.17) is 0 Å². The summed E-state index contributed by atoms with van der Waals surface area (Å²) in [5.41, 5.74) is 2.88. The van der Waals surface area contributed by atoms with Gasteiger partial charge in [0.2, 0.25) is 0 Å². The largest absolute Gasteiger partial charge is 0.375 e. The van der Waals surface area contributed by atoms with Crippen molar-refractivity contribution in [2.45, 2.75) is 78.6 Å². The Kier molecular flexibility index (Phi) is 8.73. The fourth-order valence-electron chi connectivity index (χ4n) is 3.46. The van der Waals surface area contributed by atoms with Crippen molar-refractivity contribution in [3.05, 3.63) is 37.1 Å². The number of hydrogen-bond donors (Lipinski definition) is 0. The molecule has 1 fully saturated rings. The summed E-state index contributed by atoms with van der Waals surface area (Å²) in [6.07, 6.45) is 13.3. The summed E-state index contributed by atoms with van der Waals surface area (Å²) in [7, 11) is 0. The van der Waals surface area contributed by atoms with E-state index in [1.807, 2.05) is 6.08 Å². The smallest absolute Gasteiger partial charge is 0.0201 e. The molecule has 1 unspecified atom stereocenters. The Labute approximate surface area is 145 Å². The molecule has 0 amide bonds. The van der Waals surface area contributed by atoms with Gasteiger partial charge in [-0.2, -0.15) is 0 Å². The average Bonchev–Trinajstić information content (AvgIpc) is 2.92. The second-order valence-corrected chi connectivity index (χ2v) is 8.17. The van der Waals surface area contributed by atoms with Crippen LogP contribution in [0.2, 0.25) is 0 Å². The van der Waals surface area contributed by atoms with Crippen LogP contribution < -0.4 is 0 Å². The van der Waals surface area contributed by atoms with E-state index in [1.54, 1.807) is 0 Å². The normalized spacial score (nSPS) is 18.2. The highest BCUT2D eigenvalue weighted by Gasteiger charge is 2.27. The molecule has 1 atom stereocenters. The summed E-state index contributed by atoms with van der Waals surface area (Å²) in [6.45, 7) is 21.9. The van der Waals surface area contributed by atoms with Gasteiger partial charge in [0.05, 0.1) is 0 Å². The van der Waals surface area contributed by atoms with Crippen LogP contribution >= 0.6 is 0 Å². The molecule has 0 aromatic heterocycles. The van der Waals surface area contributed by atoms with Gasteiger partial charge in [0, 0.05) is 18.8 Å². The van der Waals surface area contributed by atoms with Gasteiger partial charge in [0.25, 0.3) is 0 Å². The number of hydrogen-bond acceptors (Lipinski definition) is 1. The first kappa shape index (κ1) is 20.1. The van der Waals surface area contributed by atoms with E-state index in [2.05, 4.69) is 45.4 Å². The molecule has 1 aliphatic heterocycles. The van der Waals surface area contributed by atoms with Gasteiger partial charge < -0.3 is 4.90 Å². The Morgan fingerprint density at radius 3 is 2.39 bits per heavy atom. The van der Waals surface area contributed by atoms with Crippen LogP contribution in [0.4, 0.5) is 0 Å². The fourth-order valence-corrected chi connectivity index (χ4v) is 3.46. The molecule has 132 valence electrons. The third kappa shape index (κ3) is 7.42. The molecule has 0 aliphatic carbocycles. The molecule has 0 bridgehead atoms. The van der Waals surface area contributed by atoms with Gasteiger partial charge in [-0.15, -0.1) is 6.58 Å². The lowest BCUT2D eigenvalue weighted by molar-refractivity contribution is 0.331. The molecule has 1 aliphatic rings. The maximum absolute atomic E-state index is 4.40. The molecule has 1 rings (SSSR count). The molecule has 0 radical (unpaired) electrons. The number of nitrogens with zero attached hydrogens (tertiary/aromatic N) is 1. The zero-order valence-electron chi connectivity index (χ0n) is 16.0. The zero-order chi connectivity index (χ0) is 17.3. The average molecular weight is 318 g/mol. The maximum Gasteiger partial charge on any atom is 0.0201 e. The number of rotatable bonds is 12. The van der Waals surface area contributed by atoms with E-state index in [9.17, 15) is 0 Å². The van der Waals surface area contributed by atoms with E-state index in [-0.39, 0.29) is 5.41 Å². The molecular weight excluding hydrogens is 278 g/mol. The van der Waals surface area contributed by atoms with E-state index < -0.39 is 0 Å². The third-order valence-corrected chi connectivity index (χ3v) is 5.36. The van der Waals surface area contributed by atoms with E-state index in [0.29, 0.717) is 0 Å². The quantitative estimate of drug-likeness (QED) is 0.285. The van der Waals surface area contributed by atoms with Crippen molar-refractivity contribution in [1.82, 2.24) is 4.90 Å². The van der Waals surface area contributed by atoms with Crippen molar-refractivity contribution in [3.63, 3.8) is 0 Å².